The Morgan fingerprint density at radius 2 is 1.56 bits per heavy atom. The fourth-order valence-corrected chi connectivity index (χ4v) is 3.79. The average molecular weight is 400 g/mol. The minimum atomic E-state index is -4.59. The van der Waals surface area contributed by atoms with Crippen LogP contribution in [0.15, 0.2) is 47.4 Å². The summed E-state index contributed by atoms with van der Waals surface area (Å²) >= 11 is 0. The monoisotopic (exact) mass is 400 g/mol. The van der Waals surface area contributed by atoms with Crippen LogP contribution in [0, 0.1) is 5.82 Å². The topological polar surface area (TPSA) is 49.9 Å². The summed E-state index contributed by atoms with van der Waals surface area (Å²) in [6, 6.07) is 9.86. The van der Waals surface area contributed by atoms with E-state index in [1.807, 2.05) is 4.90 Å². The summed E-state index contributed by atoms with van der Waals surface area (Å²) in [4.78, 5) is 3.71. The number of anilines is 2. The van der Waals surface area contributed by atoms with Gasteiger partial charge in [-0.05, 0) is 36.4 Å². The Balaban J connectivity index is 1.69. The summed E-state index contributed by atoms with van der Waals surface area (Å²) in [6.07, 6.45) is 0. The molecule has 3 rings (SSSR count). The Morgan fingerprint density at radius 1 is 0.963 bits per heavy atom. The van der Waals surface area contributed by atoms with E-state index in [0.29, 0.717) is 31.9 Å². The van der Waals surface area contributed by atoms with Crippen LogP contribution in [-0.2, 0) is 9.84 Å². The van der Waals surface area contributed by atoms with Gasteiger partial charge in [-0.2, -0.15) is 8.78 Å². The fourth-order valence-electron chi connectivity index (χ4n) is 3.07. The van der Waals surface area contributed by atoms with E-state index in [-0.39, 0.29) is 5.82 Å². The quantitative estimate of drug-likeness (QED) is 0.772. The van der Waals surface area contributed by atoms with Gasteiger partial charge in [0.1, 0.15) is 11.6 Å². The predicted molar refractivity (Wildman–Crippen MR) is 97.0 cm³/mol. The van der Waals surface area contributed by atoms with E-state index in [2.05, 4.69) is 4.90 Å². The summed E-state index contributed by atoms with van der Waals surface area (Å²) in [6.45, 7) is 2.58. The van der Waals surface area contributed by atoms with Crippen molar-refractivity contribution in [3.8, 4) is 5.75 Å². The summed E-state index contributed by atoms with van der Waals surface area (Å²) in [5, 5.41) is 0. The number of benzene rings is 2. The Morgan fingerprint density at radius 3 is 2.11 bits per heavy atom. The molecule has 0 spiro atoms. The van der Waals surface area contributed by atoms with Gasteiger partial charge in [-0.25, -0.2) is 12.8 Å². The molecule has 1 saturated heterocycles. The van der Waals surface area contributed by atoms with Crippen LogP contribution in [0.3, 0.4) is 0 Å². The first-order valence-corrected chi connectivity index (χ1v) is 9.83. The lowest BCUT2D eigenvalue weighted by Gasteiger charge is -2.37. The summed E-state index contributed by atoms with van der Waals surface area (Å²) in [5.41, 5.74) is 1.56. The minimum Gasteiger partial charge on any atom is -0.494 e. The summed E-state index contributed by atoms with van der Waals surface area (Å²) in [5.74, 6) is -3.34. The number of alkyl halides is 2. The maximum atomic E-state index is 13.4. The van der Waals surface area contributed by atoms with Gasteiger partial charge < -0.3 is 14.5 Å². The Labute approximate surface area is 155 Å². The molecular weight excluding hydrogens is 381 g/mol. The first kappa shape index (κ1) is 19.3. The van der Waals surface area contributed by atoms with Crippen LogP contribution in [0.1, 0.15) is 0 Å². The van der Waals surface area contributed by atoms with Gasteiger partial charge in [0.15, 0.2) is 0 Å². The third kappa shape index (κ3) is 3.97. The Bertz CT molecular complexity index is 897. The molecule has 5 nitrogen and oxygen atoms in total. The molecule has 0 atom stereocenters. The number of halogens is 3. The van der Waals surface area contributed by atoms with Crippen LogP contribution < -0.4 is 14.5 Å². The van der Waals surface area contributed by atoms with Gasteiger partial charge in [-0.1, -0.05) is 0 Å². The third-order valence-electron chi connectivity index (χ3n) is 4.53. The molecule has 1 fully saturated rings. The third-order valence-corrected chi connectivity index (χ3v) is 5.93. The molecule has 27 heavy (non-hydrogen) atoms. The molecule has 146 valence electrons. The molecule has 0 N–H and O–H groups in total. The number of hydrogen-bond donors (Lipinski definition) is 0. The molecule has 0 aliphatic carbocycles. The number of hydrogen-bond acceptors (Lipinski definition) is 5. The SMILES string of the molecule is COc1cc(F)ccc1N1CCN(c2ccc(S(=O)(=O)C(F)F)cc2)CC1. The number of nitrogens with zero attached hydrogens (tertiary/aromatic N) is 2. The number of sulfone groups is 1. The van der Waals surface area contributed by atoms with Crippen molar-refractivity contribution < 1.29 is 26.3 Å². The molecule has 0 aromatic heterocycles. The minimum absolute atomic E-state index is 0.368. The molecule has 0 saturated carbocycles. The van der Waals surface area contributed by atoms with Crippen LogP contribution in [0.25, 0.3) is 0 Å². The molecule has 0 unspecified atom stereocenters. The normalized spacial score (nSPS) is 15.3. The van der Waals surface area contributed by atoms with E-state index >= 15 is 0 Å². The largest absolute Gasteiger partial charge is 0.494 e. The standard InChI is InChI=1S/C18H19F3N2O3S/c1-26-17-12-13(19)2-7-16(17)23-10-8-22(9-11-23)14-3-5-15(6-4-14)27(24,25)18(20)21/h2-7,12,18H,8-11H2,1H3. The number of rotatable bonds is 5. The second kappa shape index (κ2) is 7.67. The second-order valence-electron chi connectivity index (χ2n) is 6.09. The molecule has 1 aliphatic heterocycles. The predicted octanol–water partition coefficient (Wildman–Crippen LogP) is 3.16. The average Bonchev–Trinajstić information content (AvgIpc) is 2.68. The van der Waals surface area contributed by atoms with Crippen molar-refractivity contribution in [2.24, 2.45) is 0 Å². The van der Waals surface area contributed by atoms with Crippen molar-refractivity contribution in [3.63, 3.8) is 0 Å². The van der Waals surface area contributed by atoms with Crippen molar-refractivity contribution >= 4 is 21.2 Å². The molecule has 1 aliphatic rings. The van der Waals surface area contributed by atoms with Crippen LogP contribution in [0.2, 0.25) is 0 Å². The Kier molecular flexibility index (Phi) is 5.50. The van der Waals surface area contributed by atoms with E-state index in [1.165, 1.54) is 43.5 Å². The number of piperazine rings is 1. The van der Waals surface area contributed by atoms with Gasteiger partial charge in [-0.3, -0.25) is 0 Å². The van der Waals surface area contributed by atoms with Gasteiger partial charge in [0.2, 0.25) is 9.84 Å². The van der Waals surface area contributed by atoms with Gasteiger partial charge in [-0.15, -0.1) is 0 Å². The molecule has 0 bridgehead atoms. The lowest BCUT2D eigenvalue weighted by atomic mass is 10.2. The molecule has 9 heteroatoms. The molecular formula is C18H19F3N2O3S. The smallest absolute Gasteiger partial charge is 0.341 e. The highest BCUT2D eigenvalue weighted by molar-refractivity contribution is 7.91. The lowest BCUT2D eigenvalue weighted by molar-refractivity contribution is 0.234. The Hall–Kier alpha value is -2.42. The van der Waals surface area contributed by atoms with E-state index in [0.717, 1.165) is 11.4 Å². The molecule has 2 aromatic rings. The number of methoxy groups -OCH3 is 1. The van der Waals surface area contributed by atoms with Crippen molar-refractivity contribution in [3.05, 3.63) is 48.3 Å². The molecule has 1 heterocycles. The first-order valence-electron chi connectivity index (χ1n) is 8.28. The van der Waals surface area contributed by atoms with Crippen LogP contribution in [0.5, 0.6) is 5.75 Å². The van der Waals surface area contributed by atoms with Crippen LogP contribution in [-0.4, -0.2) is 47.5 Å². The van der Waals surface area contributed by atoms with Crippen LogP contribution in [0.4, 0.5) is 24.5 Å². The molecule has 0 radical (unpaired) electrons. The van der Waals surface area contributed by atoms with Crippen molar-refractivity contribution in [2.45, 2.75) is 10.7 Å². The zero-order chi connectivity index (χ0) is 19.6. The van der Waals surface area contributed by atoms with E-state index in [4.69, 9.17) is 4.74 Å². The lowest BCUT2D eigenvalue weighted by Crippen LogP contribution is -2.46. The number of ether oxygens (including phenoxy) is 1. The summed E-state index contributed by atoms with van der Waals surface area (Å²) < 4.78 is 66.8. The van der Waals surface area contributed by atoms with Crippen LogP contribution >= 0.6 is 0 Å². The van der Waals surface area contributed by atoms with Gasteiger partial charge in [0.25, 0.3) is 0 Å². The van der Waals surface area contributed by atoms with Crippen molar-refractivity contribution in [2.75, 3.05) is 43.1 Å². The van der Waals surface area contributed by atoms with Gasteiger partial charge >= 0.3 is 5.76 Å². The van der Waals surface area contributed by atoms with Gasteiger partial charge in [0, 0.05) is 37.9 Å². The highest BCUT2D eigenvalue weighted by Gasteiger charge is 2.27. The fraction of sp³-hybridized carbons (Fsp3) is 0.333. The molecule has 2 aromatic carbocycles. The van der Waals surface area contributed by atoms with Crippen molar-refractivity contribution in [1.82, 2.24) is 0 Å². The van der Waals surface area contributed by atoms with E-state index < -0.39 is 20.5 Å². The second-order valence-corrected chi connectivity index (χ2v) is 8.01. The van der Waals surface area contributed by atoms with E-state index in [9.17, 15) is 21.6 Å². The zero-order valence-corrected chi connectivity index (χ0v) is 15.4. The summed E-state index contributed by atoms with van der Waals surface area (Å²) in [7, 11) is -3.10. The maximum Gasteiger partial charge on any atom is 0.341 e. The molecule has 0 amide bonds. The van der Waals surface area contributed by atoms with Crippen molar-refractivity contribution in [1.29, 1.82) is 0 Å². The highest BCUT2D eigenvalue weighted by Crippen LogP contribution is 2.30. The first-order chi connectivity index (χ1) is 12.8. The van der Waals surface area contributed by atoms with Gasteiger partial charge in [0.05, 0.1) is 17.7 Å². The van der Waals surface area contributed by atoms with E-state index in [1.54, 1.807) is 6.07 Å². The zero-order valence-electron chi connectivity index (χ0n) is 14.6. The highest BCUT2D eigenvalue weighted by atomic mass is 32.2. The maximum absolute atomic E-state index is 13.4.